The summed E-state index contributed by atoms with van der Waals surface area (Å²) in [6.45, 7) is -0.0436. The van der Waals surface area contributed by atoms with E-state index < -0.39 is 18.1 Å². The van der Waals surface area contributed by atoms with E-state index in [0.717, 1.165) is 10.5 Å². The van der Waals surface area contributed by atoms with Crippen LogP contribution in [0, 0.1) is 5.82 Å². The van der Waals surface area contributed by atoms with E-state index >= 15 is 0 Å². The molecule has 7 nitrogen and oxygen atoms in total. The Morgan fingerprint density at radius 3 is 2.17 bits per heavy atom. The first-order chi connectivity index (χ1) is 16.8. The fraction of sp³-hybridized carbons (Fsp3) is 0.222. The molecule has 1 unspecified atom stereocenters. The number of amides is 2. The average Bonchev–Trinajstić information content (AvgIpc) is 2.85. The zero-order valence-corrected chi connectivity index (χ0v) is 19.3. The van der Waals surface area contributed by atoms with E-state index in [-0.39, 0.29) is 31.2 Å². The number of aryl methyl sites for hydroxylation is 1. The number of carbonyl (C=O) groups excluding carboxylic acids is 2. The van der Waals surface area contributed by atoms with Crippen molar-refractivity contribution < 1.29 is 28.6 Å². The highest BCUT2D eigenvalue weighted by Gasteiger charge is 2.27. The van der Waals surface area contributed by atoms with Gasteiger partial charge in [-0.2, -0.15) is 0 Å². The van der Waals surface area contributed by atoms with Crippen LogP contribution in [-0.4, -0.2) is 41.1 Å². The Kier molecular flexibility index (Phi) is 8.95. The maximum atomic E-state index is 13.0. The summed E-state index contributed by atoms with van der Waals surface area (Å²) < 4.78 is 18.3. The molecule has 0 aliphatic heterocycles. The highest BCUT2D eigenvalue weighted by Crippen LogP contribution is 2.14. The van der Waals surface area contributed by atoms with E-state index in [1.165, 1.54) is 19.2 Å². The van der Waals surface area contributed by atoms with Crippen LogP contribution in [0.3, 0.4) is 0 Å². The number of benzene rings is 3. The molecule has 182 valence electrons. The molecule has 0 saturated heterocycles. The average molecular weight is 479 g/mol. The van der Waals surface area contributed by atoms with Crippen LogP contribution < -0.4 is 5.32 Å². The minimum Gasteiger partial charge on any atom is -0.480 e. The Morgan fingerprint density at radius 1 is 0.914 bits per heavy atom. The molecule has 3 aromatic rings. The van der Waals surface area contributed by atoms with Crippen LogP contribution in [0.2, 0.25) is 0 Å². The van der Waals surface area contributed by atoms with Gasteiger partial charge in [0, 0.05) is 12.7 Å². The van der Waals surface area contributed by atoms with Crippen molar-refractivity contribution in [2.75, 3.05) is 12.4 Å². The molecule has 0 radical (unpaired) electrons. The lowest BCUT2D eigenvalue weighted by Gasteiger charge is -2.24. The van der Waals surface area contributed by atoms with Crippen LogP contribution in [0.1, 0.15) is 23.1 Å². The maximum Gasteiger partial charge on any atom is 0.410 e. The van der Waals surface area contributed by atoms with Gasteiger partial charge in [-0.1, -0.05) is 54.6 Å². The number of rotatable bonds is 10. The summed E-state index contributed by atoms with van der Waals surface area (Å²) in [7, 11) is 1.41. The third kappa shape index (κ3) is 7.96. The number of halogens is 1. The number of carboxylic acids is 1. The number of hydrogen-bond donors (Lipinski definition) is 2. The molecule has 3 rings (SSSR count). The fourth-order valence-corrected chi connectivity index (χ4v) is 3.48. The van der Waals surface area contributed by atoms with Gasteiger partial charge in [-0.25, -0.2) is 14.0 Å². The number of carbonyl (C=O) groups is 3. The lowest BCUT2D eigenvalue weighted by Crippen LogP contribution is -2.42. The van der Waals surface area contributed by atoms with Crippen LogP contribution >= 0.6 is 0 Å². The van der Waals surface area contributed by atoms with Gasteiger partial charge in [0.2, 0.25) is 5.91 Å². The van der Waals surface area contributed by atoms with Gasteiger partial charge in [0.25, 0.3) is 0 Å². The molecular formula is C27H27FN2O5. The van der Waals surface area contributed by atoms with E-state index in [4.69, 9.17) is 4.74 Å². The fourth-order valence-electron chi connectivity index (χ4n) is 3.48. The highest BCUT2D eigenvalue weighted by atomic mass is 19.1. The molecule has 2 amide bonds. The van der Waals surface area contributed by atoms with Gasteiger partial charge >= 0.3 is 12.1 Å². The van der Waals surface area contributed by atoms with E-state index in [9.17, 15) is 23.9 Å². The number of anilines is 1. The predicted molar refractivity (Wildman–Crippen MR) is 129 cm³/mol. The zero-order valence-electron chi connectivity index (χ0n) is 19.3. The zero-order chi connectivity index (χ0) is 25.2. The van der Waals surface area contributed by atoms with Gasteiger partial charge in [0.05, 0.1) is 6.42 Å². The van der Waals surface area contributed by atoms with Gasteiger partial charge in [-0.3, -0.25) is 9.69 Å². The largest absolute Gasteiger partial charge is 0.480 e. The molecule has 0 spiro atoms. The maximum absolute atomic E-state index is 13.0. The van der Waals surface area contributed by atoms with E-state index in [0.29, 0.717) is 23.2 Å². The summed E-state index contributed by atoms with van der Waals surface area (Å²) in [5.74, 6) is -1.70. The summed E-state index contributed by atoms with van der Waals surface area (Å²) in [6.07, 6.45) is 0.157. The molecule has 0 saturated carbocycles. The summed E-state index contributed by atoms with van der Waals surface area (Å²) in [5, 5.41) is 12.3. The lowest BCUT2D eigenvalue weighted by molar-refractivity contribution is -0.142. The Labute approximate surface area is 203 Å². The van der Waals surface area contributed by atoms with Crippen molar-refractivity contribution in [2.24, 2.45) is 0 Å². The second-order valence-corrected chi connectivity index (χ2v) is 8.09. The lowest BCUT2D eigenvalue weighted by atomic mass is 10.0. The van der Waals surface area contributed by atoms with E-state index in [1.807, 2.05) is 30.3 Å². The Bertz CT molecular complexity index is 1130. The van der Waals surface area contributed by atoms with Crippen molar-refractivity contribution in [3.05, 3.63) is 101 Å². The smallest absolute Gasteiger partial charge is 0.410 e. The highest BCUT2D eigenvalue weighted by molar-refractivity contribution is 5.92. The summed E-state index contributed by atoms with van der Waals surface area (Å²) in [4.78, 5) is 37.4. The first-order valence-electron chi connectivity index (χ1n) is 11.1. The van der Waals surface area contributed by atoms with Crippen molar-refractivity contribution in [1.82, 2.24) is 4.90 Å². The molecule has 3 aromatic carbocycles. The SMILES string of the molecule is CN(C(=O)OCc1ccc(NC(=O)Cc2ccc(F)cc2)cc1)C(CCc1ccccc1)C(=O)O. The summed E-state index contributed by atoms with van der Waals surface area (Å²) in [6, 6.07) is 20.9. The molecule has 0 bridgehead atoms. The first kappa shape index (κ1) is 25.4. The third-order valence-corrected chi connectivity index (χ3v) is 5.47. The molecule has 1 atom stereocenters. The molecule has 0 heterocycles. The van der Waals surface area contributed by atoms with Gasteiger partial charge in [0.15, 0.2) is 0 Å². The molecule has 2 N–H and O–H groups in total. The van der Waals surface area contributed by atoms with Crippen LogP contribution in [0.25, 0.3) is 0 Å². The second-order valence-electron chi connectivity index (χ2n) is 8.09. The number of aliphatic carboxylic acids is 1. The van der Waals surface area contributed by atoms with Gasteiger partial charge in [0.1, 0.15) is 18.5 Å². The number of ether oxygens (including phenoxy) is 1. The van der Waals surface area contributed by atoms with Crippen LogP contribution in [0.15, 0.2) is 78.9 Å². The summed E-state index contributed by atoms with van der Waals surface area (Å²) >= 11 is 0. The quantitative estimate of drug-likeness (QED) is 0.442. The third-order valence-electron chi connectivity index (χ3n) is 5.47. The molecular weight excluding hydrogens is 451 g/mol. The number of nitrogens with zero attached hydrogens (tertiary/aromatic N) is 1. The van der Waals surface area contributed by atoms with E-state index in [1.54, 1.807) is 36.4 Å². The molecule has 0 aliphatic carbocycles. The standard InChI is InChI=1S/C27H27FN2O5/c1-30(24(26(32)33)16-11-19-5-3-2-4-6-19)27(34)35-18-21-9-14-23(15-10-21)29-25(31)17-20-7-12-22(28)13-8-20/h2-10,12-15,24H,11,16-18H2,1H3,(H,29,31)(H,32,33). The normalized spacial score (nSPS) is 11.4. The Morgan fingerprint density at radius 2 is 1.54 bits per heavy atom. The molecule has 0 aromatic heterocycles. The first-order valence-corrected chi connectivity index (χ1v) is 11.1. The second kappa shape index (κ2) is 12.3. The predicted octanol–water partition coefficient (Wildman–Crippen LogP) is 4.66. The number of hydrogen-bond acceptors (Lipinski definition) is 4. The molecule has 0 aliphatic rings. The topological polar surface area (TPSA) is 95.9 Å². The summed E-state index contributed by atoms with van der Waals surface area (Å²) in [5.41, 5.74) is 2.93. The van der Waals surface area contributed by atoms with Crippen molar-refractivity contribution >= 4 is 23.7 Å². The minimum absolute atomic E-state index is 0.0436. The van der Waals surface area contributed by atoms with Crippen LogP contribution in [-0.2, 0) is 33.8 Å². The minimum atomic E-state index is -1.10. The Balaban J connectivity index is 1.48. The van der Waals surface area contributed by atoms with Crippen LogP contribution in [0.4, 0.5) is 14.9 Å². The number of carboxylic acid groups (broad SMARTS) is 1. The van der Waals surface area contributed by atoms with E-state index in [2.05, 4.69) is 5.32 Å². The molecule has 8 heteroatoms. The van der Waals surface area contributed by atoms with Crippen molar-refractivity contribution in [3.8, 4) is 0 Å². The van der Waals surface area contributed by atoms with Crippen molar-refractivity contribution in [2.45, 2.75) is 31.9 Å². The van der Waals surface area contributed by atoms with Crippen LogP contribution in [0.5, 0.6) is 0 Å². The Hall–Kier alpha value is -4.20. The van der Waals surface area contributed by atoms with Gasteiger partial charge in [-0.05, 0) is 53.8 Å². The number of nitrogens with one attached hydrogen (secondary N) is 1. The van der Waals surface area contributed by atoms with Gasteiger partial charge in [-0.15, -0.1) is 0 Å². The molecule has 35 heavy (non-hydrogen) atoms. The van der Waals surface area contributed by atoms with Crippen molar-refractivity contribution in [1.29, 1.82) is 0 Å². The van der Waals surface area contributed by atoms with Gasteiger partial charge < -0.3 is 15.2 Å². The monoisotopic (exact) mass is 478 g/mol. The number of likely N-dealkylation sites (N-methyl/N-ethyl adjacent to an activating group) is 1. The molecule has 0 fully saturated rings. The van der Waals surface area contributed by atoms with Crippen molar-refractivity contribution in [3.63, 3.8) is 0 Å².